The summed E-state index contributed by atoms with van der Waals surface area (Å²) in [5.74, 6) is -0.781. The van der Waals surface area contributed by atoms with E-state index >= 15 is 0 Å². The van der Waals surface area contributed by atoms with Crippen LogP contribution in [0.15, 0.2) is 0 Å². The van der Waals surface area contributed by atoms with Crippen molar-refractivity contribution in [2.75, 3.05) is 0 Å². The molecule has 4 nitrogen and oxygen atoms in total. The molecule has 0 bridgehead atoms. The van der Waals surface area contributed by atoms with Crippen molar-refractivity contribution < 1.29 is 14.7 Å². The number of quaternary nitrogens is 1. The summed E-state index contributed by atoms with van der Waals surface area (Å²) in [5, 5.41) is 9.97. The lowest BCUT2D eigenvalue weighted by Crippen LogP contribution is -2.21. The zero-order valence-corrected chi connectivity index (χ0v) is 8.47. The summed E-state index contributed by atoms with van der Waals surface area (Å²) in [6.07, 6.45) is 4.11. The fourth-order valence-corrected chi connectivity index (χ4v) is 0.997. The van der Waals surface area contributed by atoms with Gasteiger partial charge < -0.3 is 20.8 Å². The summed E-state index contributed by atoms with van der Waals surface area (Å²) in [7, 11) is 0. The second-order valence-electron chi connectivity index (χ2n) is 2.99. The zero-order chi connectivity index (χ0) is 9.40. The monoisotopic (exact) mass is 189 g/mol. The third kappa shape index (κ3) is 14.0. The molecule has 0 atom stereocenters. The number of Topliss-reactive ketones (excluding diaryl/α,β-unsaturated/α-hetero) is 1. The Morgan fingerprint density at radius 3 is 1.85 bits per heavy atom. The van der Waals surface area contributed by atoms with Crippen LogP contribution in [-0.2, 0) is 9.59 Å². The molecule has 13 heavy (non-hydrogen) atoms. The molecule has 4 heteroatoms. The van der Waals surface area contributed by atoms with E-state index in [0.717, 1.165) is 19.3 Å². The van der Waals surface area contributed by atoms with E-state index in [2.05, 4.69) is 0 Å². The van der Waals surface area contributed by atoms with Gasteiger partial charge in [0, 0.05) is 12.4 Å². The number of ketones is 1. The zero-order valence-electron chi connectivity index (χ0n) is 8.47. The normalized spacial score (nSPS) is 9.00. The van der Waals surface area contributed by atoms with E-state index in [0.29, 0.717) is 12.8 Å². The van der Waals surface area contributed by atoms with Crippen LogP contribution in [0.1, 0.15) is 45.4 Å². The van der Waals surface area contributed by atoms with Crippen molar-refractivity contribution in [3.8, 4) is 0 Å². The molecule has 0 amide bonds. The molecule has 4 N–H and O–H groups in total. The van der Waals surface area contributed by atoms with Crippen molar-refractivity contribution in [2.45, 2.75) is 45.4 Å². The standard InChI is InChI=1S/C9H16O3.H3N/c1-8(10)6-4-2-3-5-7-9(11)12;/h2-7H2,1H3,(H,11,12);1H3. The Kier molecular flexibility index (Phi) is 10.3. The largest absolute Gasteiger partial charge is 0.550 e. The SMILES string of the molecule is CC(=O)CCCCCCC(=O)[O-].[NH4+]. The highest BCUT2D eigenvalue weighted by atomic mass is 16.4. The maximum absolute atomic E-state index is 10.5. The maximum atomic E-state index is 10.5. The van der Waals surface area contributed by atoms with Gasteiger partial charge in [0.25, 0.3) is 0 Å². The molecule has 0 saturated heterocycles. The molecule has 0 aliphatic carbocycles. The van der Waals surface area contributed by atoms with Gasteiger partial charge in [0.2, 0.25) is 0 Å². The molecule has 0 unspecified atom stereocenters. The number of carbonyl (C=O) groups is 2. The van der Waals surface area contributed by atoms with E-state index in [-0.39, 0.29) is 18.4 Å². The third-order valence-electron chi connectivity index (χ3n) is 1.66. The quantitative estimate of drug-likeness (QED) is 0.606. The number of carbonyl (C=O) groups excluding carboxylic acids is 2. The highest BCUT2D eigenvalue weighted by molar-refractivity contribution is 5.75. The van der Waals surface area contributed by atoms with Crippen molar-refractivity contribution in [3.05, 3.63) is 0 Å². The predicted molar refractivity (Wildman–Crippen MR) is 49.4 cm³/mol. The Labute approximate surface area is 78.9 Å². The Morgan fingerprint density at radius 1 is 1.00 bits per heavy atom. The van der Waals surface area contributed by atoms with Crippen molar-refractivity contribution in [3.63, 3.8) is 0 Å². The Hall–Kier alpha value is -0.900. The van der Waals surface area contributed by atoms with Crippen molar-refractivity contribution in [2.24, 2.45) is 0 Å². The fourth-order valence-electron chi connectivity index (χ4n) is 0.997. The van der Waals surface area contributed by atoms with Gasteiger partial charge in [-0.1, -0.05) is 12.8 Å². The Morgan fingerprint density at radius 2 is 1.46 bits per heavy atom. The molecule has 0 aromatic heterocycles. The van der Waals surface area contributed by atoms with Gasteiger partial charge in [-0.15, -0.1) is 0 Å². The molecule has 0 rings (SSSR count). The summed E-state index contributed by atoms with van der Waals surface area (Å²) in [5.41, 5.74) is 0. The van der Waals surface area contributed by atoms with Crippen LogP contribution in [0.3, 0.4) is 0 Å². The summed E-state index contributed by atoms with van der Waals surface area (Å²) < 4.78 is 0. The van der Waals surface area contributed by atoms with Crippen LogP contribution in [0.5, 0.6) is 0 Å². The molecular weight excluding hydrogens is 170 g/mol. The maximum Gasteiger partial charge on any atom is 0.129 e. The molecular formula is C9H19NO3. The first-order chi connectivity index (χ1) is 5.63. The minimum Gasteiger partial charge on any atom is -0.550 e. The molecule has 0 aromatic carbocycles. The molecule has 0 aliphatic rings. The first kappa shape index (κ1) is 14.6. The van der Waals surface area contributed by atoms with E-state index in [1.54, 1.807) is 6.92 Å². The van der Waals surface area contributed by atoms with Gasteiger partial charge in [-0.25, -0.2) is 0 Å². The average molecular weight is 189 g/mol. The van der Waals surface area contributed by atoms with Crippen molar-refractivity contribution in [1.29, 1.82) is 0 Å². The second-order valence-corrected chi connectivity index (χ2v) is 2.99. The molecule has 78 valence electrons. The topological polar surface area (TPSA) is 93.7 Å². The van der Waals surface area contributed by atoms with Crippen LogP contribution < -0.4 is 11.3 Å². The molecule has 0 aliphatic heterocycles. The van der Waals surface area contributed by atoms with Crippen molar-refractivity contribution >= 4 is 11.8 Å². The average Bonchev–Trinajstić information content (AvgIpc) is 1.95. The highest BCUT2D eigenvalue weighted by Crippen LogP contribution is 2.04. The summed E-state index contributed by atoms with van der Waals surface area (Å²) in [6.45, 7) is 1.57. The van der Waals surface area contributed by atoms with E-state index in [1.165, 1.54) is 0 Å². The molecule has 0 radical (unpaired) electrons. The van der Waals surface area contributed by atoms with Crippen molar-refractivity contribution in [1.82, 2.24) is 6.15 Å². The minimum absolute atomic E-state index is 0. The van der Waals surface area contributed by atoms with Crippen LogP contribution in [0.25, 0.3) is 0 Å². The third-order valence-corrected chi connectivity index (χ3v) is 1.66. The van der Waals surface area contributed by atoms with Gasteiger partial charge in [0.05, 0.1) is 0 Å². The Bertz CT molecular complexity index is 139. The van der Waals surface area contributed by atoms with Gasteiger partial charge in [-0.2, -0.15) is 0 Å². The number of rotatable bonds is 7. The van der Waals surface area contributed by atoms with Crippen LogP contribution in [0.4, 0.5) is 0 Å². The van der Waals surface area contributed by atoms with E-state index in [1.807, 2.05) is 0 Å². The molecule has 0 saturated carbocycles. The first-order valence-electron chi connectivity index (χ1n) is 4.32. The highest BCUT2D eigenvalue weighted by Gasteiger charge is 1.93. The summed E-state index contributed by atoms with van der Waals surface area (Å²) in [4.78, 5) is 20.5. The first-order valence-corrected chi connectivity index (χ1v) is 4.32. The minimum atomic E-state index is -0.985. The van der Waals surface area contributed by atoms with Crippen LogP contribution in [0, 0.1) is 0 Å². The van der Waals surface area contributed by atoms with Gasteiger partial charge in [0.1, 0.15) is 5.78 Å². The van der Waals surface area contributed by atoms with E-state index in [9.17, 15) is 14.7 Å². The summed E-state index contributed by atoms with van der Waals surface area (Å²) in [6, 6.07) is 0. The van der Waals surface area contributed by atoms with E-state index < -0.39 is 5.97 Å². The summed E-state index contributed by atoms with van der Waals surface area (Å²) >= 11 is 0. The lowest BCUT2D eigenvalue weighted by Gasteiger charge is -2.00. The van der Waals surface area contributed by atoms with Gasteiger partial charge in [0.15, 0.2) is 0 Å². The molecule has 0 heterocycles. The lowest BCUT2D eigenvalue weighted by molar-refractivity contribution is -0.305. The lowest BCUT2D eigenvalue weighted by atomic mass is 10.1. The number of carboxylic acid groups (broad SMARTS) is 1. The van der Waals surface area contributed by atoms with Gasteiger partial charge in [-0.3, -0.25) is 0 Å². The number of hydrogen-bond donors (Lipinski definition) is 1. The second kappa shape index (κ2) is 9.19. The van der Waals surface area contributed by atoms with Crippen LogP contribution in [0.2, 0.25) is 0 Å². The Balaban J connectivity index is 0. The van der Waals surface area contributed by atoms with E-state index in [4.69, 9.17) is 0 Å². The fraction of sp³-hybridized carbons (Fsp3) is 0.778. The van der Waals surface area contributed by atoms with Crippen LogP contribution in [-0.4, -0.2) is 11.8 Å². The number of unbranched alkanes of at least 4 members (excludes halogenated alkanes) is 3. The van der Waals surface area contributed by atoms with Crippen LogP contribution >= 0.6 is 0 Å². The number of carboxylic acids is 1. The number of aliphatic carboxylic acids is 1. The van der Waals surface area contributed by atoms with Gasteiger partial charge >= 0.3 is 0 Å². The molecule has 0 aromatic rings. The van der Waals surface area contributed by atoms with Gasteiger partial charge in [-0.05, 0) is 26.2 Å². The molecule has 0 spiro atoms. The molecule has 0 fully saturated rings. The predicted octanol–water partition coefficient (Wildman–Crippen LogP) is 1.04. The number of hydrogen-bond acceptors (Lipinski definition) is 3. The smallest absolute Gasteiger partial charge is 0.129 e.